The quantitative estimate of drug-likeness (QED) is 0.733. The zero-order chi connectivity index (χ0) is 19.2. The van der Waals surface area contributed by atoms with Gasteiger partial charge >= 0.3 is 0 Å². The summed E-state index contributed by atoms with van der Waals surface area (Å²) >= 11 is 0. The lowest BCUT2D eigenvalue weighted by Gasteiger charge is -2.11. The first-order chi connectivity index (χ1) is 13.0. The first-order valence-corrected chi connectivity index (χ1v) is 8.81. The summed E-state index contributed by atoms with van der Waals surface area (Å²) in [5.74, 6) is -0.400. The predicted octanol–water partition coefficient (Wildman–Crippen LogP) is 3.21. The van der Waals surface area contributed by atoms with Gasteiger partial charge in [-0.25, -0.2) is 0 Å². The number of carbonyl (C=O) groups is 1. The van der Waals surface area contributed by atoms with Crippen LogP contribution < -0.4 is 10.9 Å². The maximum Gasteiger partial charge on any atom is 0.263 e. The lowest BCUT2D eigenvalue weighted by Crippen LogP contribution is -2.29. The predicted molar refractivity (Wildman–Crippen MR) is 108 cm³/mol. The minimum Gasteiger partial charge on any atom is -0.322 e. The van der Waals surface area contributed by atoms with E-state index in [2.05, 4.69) is 10.2 Å². The standard InChI is InChI=1S/C22H23N3O2/c1-24(2)15-18-10-12-19(13-11-18)23-21(26)20-9-6-14-25(22(20)27)16-17-7-4-3-5-8-17/h3-14H,15-16H2,1-2H3,(H,23,26). The lowest BCUT2D eigenvalue weighted by molar-refractivity contribution is 0.102. The zero-order valence-corrected chi connectivity index (χ0v) is 15.6. The van der Waals surface area contributed by atoms with Crippen molar-refractivity contribution in [2.75, 3.05) is 19.4 Å². The number of aromatic nitrogens is 1. The molecule has 0 bridgehead atoms. The zero-order valence-electron chi connectivity index (χ0n) is 15.6. The third-order valence-electron chi connectivity index (χ3n) is 4.17. The highest BCUT2D eigenvalue weighted by Crippen LogP contribution is 2.12. The molecule has 3 rings (SSSR count). The van der Waals surface area contributed by atoms with Gasteiger partial charge in [-0.15, -0.1) is 0 Å². The number of anilines is 1. The fourth-order valence-electron chi connectivity index (χ4n) is 2.87. The summed E-state index contributed by atoms with van der Waals surface area (Å²) in [5.41, 5.74) is 2.66. The van der Waals surface area contributed by atoms with Crippen LogP contribution in [-0.2, 0) is 13.1 Å². The molecule has 5 nitrogen and oxygen atoms in total. The molecule has 0 radical (unpaired) electrons. The van der Waals surface area contributed by atoms with Crippen LogP contribution >= 0.6 is 0 Å². The van der Waals surface area contributed by atoms with Crippen molar-refractivity contribution in [3.05, 3.63) is 100.0 Å². The van der Waals surface area contributed by atoms with E-state index in [1.165, 1.54) is 0 Å². The molecule has 27 heavy (non-hydrogen) atoms. The Hall–Kier alpha value is -3.18. The van der Waals surface area contributed by atoms with E-state index in [0.29, 0.717) is 12.2 Å². The van der Waals surface area contributed by atoms with E-state index < -0.39 is 5.91 Å². The first kappa shape index (κ1) is 18.6. The van der Waals surface area contributed by atoms with Crippen molar-refractivity contribution in [2.45, 2.75) is 13.1 Å². The van der Waals surface area contributed by atoms with Crippen molar-refractivity contribution in [1.82, 2.24) is 9.47 Å². The van der Waals surface area contributed by atoms with Gasteiger partial charge in [0.25, 0.3) is 11.5 Å². The second-order valence-electron chi connectivity index (χ2n) is 6.73. The van der Waals surface area contributed by atoms with E-state index in [1.54, 1.807) is 22.9 Å². The molecular formula is C22H23N3O2. The molecule has 0 atom stereocenters. The highest BCUT2D eigenvalue weighted by atomic mass is 16.2. The summed E-state index contributed by atoms with van der Waals surface area (Å²) in [4.78, 5) is 27.3. The number of amides is 1. The molecule has 3 aromatic rings. The van der Waals surface area contributed by atoms with Gasteiger partial charge in [-0.3, -0.25) is 9.59 Å². The van der Waals surface area contributed by atoms with Crippen LogP contribution in [0, 0.1) is 0 Å². The van der Waals surface area contributed by atoms with Crippen molar-refractivity contribution < 1.29 is 4.79 Å². The lowest BCUT2D eigenvalue weighted by atomic mass is 10.2. The molecule has 1 aromatic heterocycles. The molecule has 0 fully saturated rings. The maximum absolute atomic E-state index is 12.7. The second kappa shape index (κ2) is 8.47. The Labute approximate surface area is 158 Å². The van der Waals surface area contributed by atoms with Gasteiger partial charge in [0.05, 0.1) is 6.54 Å². The van der Waals surface area contributed by atoms with E-state index in [-0.39, 0.29) is 11.1 Å². The molecule has 0 unspecified atom stereocenters. The average molecular weight is 361 g/mol. The van der Waals surface area contributed by atoms with Crippen molar-refractivity contribution in [1.29, 1.82) is 0 Å². The number of rotatable bonds is 6. The van der Waals surface area contributed by atoms with Crippen molar-refractivity contribution in [3.8, 4) is 0 Å². The third kappa shape index (κ3) is 4.92. The number of hydrogen-bond acceptors (Lipinski definition) is 3. The summed E-state index contributed by atoms with van der Waals surface area (Å²) in [6.07, 6.45) is 1.70. The third-order valence-corrected chi connectivity index (χ3v) is 4.17. The number of nitrogens with zero attached hydrogens (tertiary/aromatic N) is 2. The van der Waals surface area contributed by atoms with Gasteiger partial charge < -0.3 is 14.8 Å². The van der Waals surface area contributed by atoms with E-state index in [0.717, 1.165) is 17.7 Å². The molecular weight excluding hydrogens is 338 g/mol. The van der Waals surface area contributed by atoms with Gasteiger partial charge in [0.1, 0.15) is 5.56 Å². The van der Waals surface area contributed by atoms with Crippen LogP contribution in [0.5, 0.6) is 0 Å². The second-order valence-corrected chi connectivity index (χ2v) is 6.73. The Kier molecular flexibility index (Phi) is 5.84. The molecule has 1 heterocycles. The number of hydrogen-bond donors (Lipinski definition) is 1. The summed E-state index contributed by atoms with van der Waals surface area (Å²) in [6.45, 7) is 1.26. The summed E-state index contributed by atoms with van der Waals surface area (Å²) < 4.78 is 1.55. The van der Waals surface area contributed by atoms with Crippen molar-refractivity contribution in [3.63, 3.8) is 0 Å². The molecule has 0 saturated heterocycles. The fraction of sp³-hybridized carbons (Fsp3) is 0.182. The van der Waals surface area contributed by atoms with E-state index >= 15 is 0 Å². The van der Waals surface area contributed by atoms with Crippen molar-refractivity contribution in [2.24, 2.45) is 0 Å². The van der Waals surface area contributed by atoms with Gasteiger partial charge in [-0.05, 0) is 49.5 Å². The Morgan fingerprint density at radius 3 is 2.30 bits per heavy atom. The molecule has 1 N–H and O–H groups in total. The largest absolute Gasteiger partial charge is 0.322 e. The number of carbonyl (C=O) groups excluding carboxylic acids is 1. The number of nitrogens with one attached hydrogen (secondary N) is 1. The van der Waals surface area contributed by atoms with Crippen LogP contribution in [0.15, 0.2) is 77.7 Å². The Bertz CT molecular complexity index is 961. The van der Waals surface area contributed by atoms with E-state index in [9.17, 15) is 9.59 Å². The molecule has 138 valence electrons. The molecule has 0 spiro atoms. The van der Waals surface area contributed by atoms with Crippen LogP contribution in [0.3, 0.4) is 0 Å². The summed E-state index contributed by atoms with van der Waals surface area (Å²) in [5, 5.41) is 2.80. The number of benzene rings is 2. The Morgan fingerprint density at radius 2 is 1.63 bits per heavy atom. The van der Waals surface area contributed by atoms with Crippen LogP contribution in [-0.4, -0.2) is 29.5 Å². The average Bonchev–Trinajstić information content (AvgIpc) is 2.65. The molecule has 2 aromatic carbocycles. The molecule has 0 aliphatic carbocycles. The van der Waals surface area contributed by atoms with Crippen LogP contribution in [0.4, 0.5) is 5.69 Å². The van der Waals surface area contributed by atoms with Gasteiger partial charge in [0, 0.05) is 18.4 Å². The highest BCUT2D eigenvalue weighted by molar-refractivity contribution is 6.03. The smallest absolute Gasteiger partial charge is 0.263 e. The normalized spacial score (nSPS) is 10.8. The van der Waals surface area contributed by atoms with Gasteiger partial charge in [0.15, 0.2) is 0 Å². The Balaban J connectivity index is 1.75. The van der Waals surface area contributed by atoms with Crippen molar-refractivity contribution >= 4 is 11.6 Å². The monoisotopic (exact) mass is 361 g/mol. The number of pyridine rings is 1. The van der Waals surface area contributed by atoms with Gasteiger partial charge in [0.2, 0.25) is 0 Å². The topological polar surface area (TPSA) is 54.3 Å². The Morgan fingerprint density at radius 1 is 0.926 bits per heavy atom. The minimum absolute atomic E-state index is 0.130. The van der Waals surface area contributed by atoms with E-state index in [4.69, 9.17) is 0 Å². The summed E-state index contributed by atoms with van der Waals surface area (Å²) in [7, 11) is 4.01. The molecule has 5 heteroatoms. The SMILES string of the molecule is CN(C)Cc1ccc(NC(=O)c2cccn(Cc3ccccc3)c2=O)cc1. The maximum atomic E-state index is 12.7. The van der Waals surface area contributed by atoms with Crippen LogP contribution in [0.25, 0.3) is 0 Å². The van der Waals surface area contributed by atoms with Gasteiger partial charge in [-0.1, -0.05) is 42.5 Å². The van der Waals surface area contributed by atoms with Crippen LogP contribution in [0.1, 0.15) is 21.5 Å². The van der Waals surface area contributed by atoms with Gasteiger partial charge in [-0.2, -0.15) is 0 Å². The molecule has 0 saturated carbocycles. The molecule has 1 amide bonds. The van der Waals surface area contributed by atoms with E-state index in [1.807, 2.05) is 68.7 Å². The first-order valence-electron chi connectivity index (χ1n) is 8.81. The molecule has 0 aliphatic rings. The van der Waals surface area contributed by atoms with Crippen LogP contribution in [0.2, 0.25) is 0 Å². The highest BCUT2D eigenvalue weighted by Gasteiger charge is 2.12. The summed E-state index contributed by atoms with van der Waals surface area (Å²) in [6, 6.07) is 20.6. The fourth-order valence-corrected chi connectivity index (χ4v) is 2.87. The molecule has 0 aliphatic heterocycles. The minimum atomic E-state index is -0.400.